The first-order valence-electron chi connectivity index (χ1n) is 11.3. The predicted octanol–water partition coefficient (Wildman–Crippen LogP) is 4.95. The molecule has 0 unspecified atom stereocenters. The molecule has 1 N–H and O–H groups in total. The highest BCUT2D eigenvalue weighted by Gasteiger charge is 2.28. The predicted molar refractivity (Wildman–Crippen MR) is 120 cm³/mol. The van der Waals surface area contributed by atoms with Crippen LogP contribution in [0.25, 0.3) is 22.2 Å². The first-order chi connectivity index (χ1) is 14.9. The van der Waals surface area contributed by atoms with E-state index in [9.17, 15) is 4.79 Å². The number of nitrogens with zero attached hydrogens (tertiary/aromatic N) is 4. The van der Waals surface area contributed by atoms with Crippen molar-refractivity contribution in [2.75, 3.05) is 13.1 Å². The lowest BCUT2D eigenvalue weighted by Gasteiger charge is -2.33. The number of nitrogens with one attached hydrogen (secondary N) is 1. The molecular weight excluding hydrogens is 390 g/mol. The van der Waals surface area contributed by atoms with E-state index in [0.717, 1.165) is 41.9 Å². The van der Waals surface area contributed by atoms with Crippen LogP contribution in [0.1, 0.15) is 58.1 Å². The molecule has 164 valence electrons. The number of rotatable bonds is 4. The second-order valence-electron chi connectivity index (χ2n) is 9.98. The zero-order chi connectivity index (χ0) is 21.6. The van der Waals surface area contributed by atoms with Crippen molar-refractivity contribution < 1.29 is 9.53 Å². The lowest BCUT2D eigenvalue weighted by Crippen LogP contribution is -2.41. The molecule has 0 aromatic carbocycles. The summed E-state index contributed by atoms with van der Waals surface area (Å²) in [7, 11) is 0. The van der Waals surface area contributed by atoms with Gasteiger partial charge in [-0.15, -0.1) is 0 Å². The highest BCUT2D eigenvalue weighted by atomic mass is 16.6. The second kappa shape index (κ2) is 7.70. The fourth-order valence-corrected chi connectivity index (χ4v) is 4.39. The van der Waals surface area contributed by atoms with Crippen LogP contribution in [0.15, 0.2) is 30.7 Å². The molecule has 1 aliphatic carbocycles. The Kier molecular flexibility index (Phi) is 4.99. The van der Waals surface area contributed by atoms with Gasteiger partial charge < -0.3 is 14.6 Å². The molecule has 1 saturated carbocycles. The molecule has 7 heteroatoms. The summed E-state index contributed by atoms with van der Waals surface area (Å²) in [6, 6.07) is 4.31. The fourth-order valence-electron chi connectivity index (χ4n) is 4.39. The normalized spacial score (nSPS) is 18.0. The van der Waals surface area contributed by atoms with E-state index in [0.29, 0.717) is 19.0 Å². The molecule has 2 fully saturated rings. The second-order valence-corrected chi connectivity index (χ2v) is 9.98. The molecule has 1 amide bonds. The SMILES string of the molecule is CC(C)(C)OC(=O)N1CCC(c2cc3c(-c4cnn(CC5CC5)c4)ccnc3[nH]2)CC1. The summed E-state index contributed by atoms with van der Waals surface area (Å²) >= 11 is 0. The Hall–Kier alpha value is -2.83. The first kappa shape index (κ1) is 20.1. The number of fused-ring (bicyclic) bond motifs is 1. The number of hydrogen-bond acceptors (Lipinski definition) is 4. The largest absolute Gasteiger partial charge is 0.444 e. The first-order valence-corrected chi connectivity index (χ1v) is 11.3. The van der Waals surface area contributed by atoms with E-state index >= 15 is 0 Å². The van der Waals surface area contributed by atoms with Gasteiger partial charge in [-0.25, -0.2) is 9.78 Å². The monoisotopic (exact) mass is 421 g/mol. The van der Waals surface area contributed by atoms with Gasteiger partial charge in [-0.3, -0.25) is 4.68 Å². The molecule has 31 heavy (non-hydrogen) atoms. The van der Waals surface area contributed by atoms with Gasteiger partial charge in [-0.05, 0) is 70.1 Å². The van der Waals surface area contributed by atoms with E-state index in [-0.39, 0.29) is 6.09 Å². The van der Waals surface area contributed by atoms with Crippen LogP contribution in [0.4, 0.5) is 4.79 Å². The zero-order valence-electron chi connectivity index (χ0n) is 18.6. The standard InChI is InChI=1S/C24H31N5O2/c1-24(2,3)31-23(30)28-10-7-17(8-11-28)21-12-20-19(6-9-25-22(20)27-21)18-13-26-29(15-18)14-16-4-5-16/h6,9,12-13,15-17H,4-5,7-8,10-11,14H2,1-3H3,(H,25,27). The van der Waals surface area contributed by atoms with Gasteiger partial charge in [-0.1, -0.05) is 0 Å². The number of carbonyl (C=O) groups is 1. The number of amides is 1. The summed E-state index contributed by atoms with van der Waals surface area (Å²) in [6.45, 7) is 8.16. The number of H-pyrrole nitrogens is 1. The highest BCUT2D eigenvalue weighted by Crippen LogP contribution is 2.35. The van der Waals surface area contributed by atoms with Gasteiger partial charge in [0, 0.05) is 54.6 Å². The number of piperidine rings is 1. The minimum Gasteiger partial charge on any atom is -0.444 e. The average molecular weight is 422 g/mol. The molecule has 1 saturated heterocycles. The molecule has 7 nitrogen and oxygen atoms in total. The van der Waals surface area contributed by atoms with Crippen molar-refractivity contribution in [3.05, 3.63) is 36.4 Å². The van der Waals surface area contributed by atoms with Gasteiger partial charge in [0.15, 0.2) is 0 Å². The van der Waals surface area contributed by atoms with Gasteiger partial charge in [0.2, 0.25) is 0 Å². The van der Waals surface area contributed by atoms with Gasteiger partial charge in [0.05, 0.1) is 6.20 Å². The Labute approximate surface area is 182 Å². The molecule has 3 aromatic heterocycles. The van der Waals surface area contributed by atoms with Crippen LogP contribution in [0.3, 0.4) is 0 Å². The molecule has 0 radical (unpaired) electrons. The van der Waals surface area contributed by atoms with Crippen LogP contribution in [0, 0.1) is 5.92 Å². The molecule has 1 aliphatic heterocycles. The molecule has 3 aromatic rings. The maximum Gasteiger partial charge on any atom is 0.410 e. The van der Waals surface area contributed by atoms with Gasteiger partial charge in [0.1, 0.15) is 11.2 Å². The Morgan fingerprint density at radius 2 is 2.00 bits per heavy atom. The van der Waals surface area contributed by atoms with Crippen molar-refractivity contribution in [2.24, 2.45) is 5.92 Å². The van der Waals surface area contributed by atoms with Crippen LogP contribution in [-0.2, 0) is 11.3 Å². The quantitative estimate of drug-likeness (QED) is 0.647. The van der Waals surface area contributed by atoms with E-state index in [1.54, 1.807) is 0 Å². The molecule has 0 bridgehead atoms. The third-order valence-electron chi connectivity index (χ3n) is 6.23. The van der Waals surface area contributed by atoms with E-state index in [4.69, 9.17) is 4.74 Å². The van der Waals surface area contributed by atoms with Crippen molar-refractivity contribution in [1.82, 2.24) is 24.6 Å². The molecular formula is C24H31N5O2. The fraction of sp³-hybridized carbons (Fsp3) is 0.542. The van der Waals surface area contributed by atoms with Crippen molar-refractivity contribution >= 4 is 17.1 Å². The summed E-state index contributed by atoms with van der Waals surface area (Å²) < 4.78 is 7.59. The van der Waals surface area contributed by atoms with E-state index in [1.165, 1.54) is 24.1 Å². The number of aromatic amines is 1. The summed E-state index contributed by atoms with van der Waals surface area (Å²) in [6.07, 6.45) is 10.2. The van der Waals surface area contributed by atoms with Crippen LogP contribution in [0.5, 0.6) is 0 Å². The van der Waals surface area contributed by atoms with Gasteiger partial charge >= 0.3 is 6.09 Å². The number of ether oxygens (including phenoxy) is 1. The summed E-state index contributed by atoms with van der Waals surface area (Å²) in [5.41, 5.74) is 3.96. The number of likely N-dealkylation sites (tertiary alicyclic amines) is 1. The molecule has 5 rings (SSSR count). The van der Waals surface area contributed by atoms with E-state index in [1.807, 2.05) is 38.1 Å². The lowest BCUT2D eigenvalue weighted by atomic mass is 9.93. The summed E-state index contributed by atoms with van der Waals surface area (Å²) in [4.78, 5) is 22.3. The number of hydrogen-bond donors (Lipinski definition) is 1. The van der Waals surface area contributed by atoms with Gasteiger partial charge in [-0.2, -0.15) is 5.10 Å². The van der Waals surface area contributed by atoms with Crippen LogP contribution < -0.4 is 0 Å². The topological polar surface area (TPSA) is 76.0 Å². The van der Waals surface area contributed by atoms with Crippen LogP contribution >= 0.6 is 0 Å². The maximum atomic E-state index is 12.3. The van der Waals surface area contributed by atoms with Crippen molar-refractivity contribution in [1.29, 1.82) is 0 Å². The Bertz CT molecular complexity index is 1080. The Morgan fingerprint density at radius 3 is 2.71 bits per heavy atom. The molecule has 4 heterocycles. The van der Waals surface area contributed by atoms with E-state index < -0.39 is 5.60 Å². The van der Waals surface area contributed by atoms with Crippen LogP contribution in [-0.4, -0.2) is 49.4 Å². The third kappa shape index (κ3) is 4.45. The number of carbonyl (C=O) groups excluding carboxylic acids is 1. The van der Waals surface area contributed by atoms with Crippen LogP contribution in [0.2, 0.25) is 0 Å². The number of aromatic nitrogens is 4. The zero-order valence-corrected chi connectivity index (χ0v) is 18.6. The lowest BCUT2D eigenvalue weighted by molar-refractivity contribution is 0.0204. The smallest absolute Gasteiger partial charge is 0.410 e. The van der Waals surface area contributed by atoms with E-state index in [2.05, 4.69) is 38.1 Å². The summed E-state index contributed by atoms with van der Waals surface area (Å²) in [5, 5.41) is 5.70. The molecule has 0 spiro atoms. The van der Waals surface area contributed by atoms with Gasteiger partial charge in [0.25, 0.3) is 0 Å². The molecule has 2 aliphatic rings. The third-order valence-corrected chi connectivity index (χ3v) is 6.23. The Balaban J connectivity index is 1.31. The Morgan fingerprint density at radius 1 is 1.23 bits per heavy atom. The van der Waals surface area contributed by atoms with Crippen molar-refractivity contribution in [3.8, 4) is 11.1 Å². The summed E-state index contributed by atoms with van der Waals surface area (Å²) in [5.74, 6) is 1.19. The average Bonchev–Trinajstić information content (AvgIpc) is 3.23. The molecule has 0 atom stereocenters. The highest BCUT2D eigenvalue weighted by molar-refractivity contribution is 5.93. The number of pyridine rings is 1. The maximum absolute atomic E-state index is 12.3. The minimum atomic E-state index is -0.459. The van der Waals surface area contributed by atoms with Crippen molar-refractivity contribution in [2.45, 2.75) is 64.5 Å². The minimum absolute atomic E-state index is 0.213. The van der Waals surface area contributed by atoms with Crippen molar-refractivity contribution in [3.63, 3.8) is 0 Å².